The van der Waals surface area contributed by atoms with Gasteiger partial charge >= 0.3 is 0 Å². The first-order valence-electron chi connectivity index (χ1n) is 9.54. The highest BCUT2D eigenvalue weighted by Gasteiger charge is 2.21. The Morgan fingerprint density at radius 3 is 2.52 bits per heavy atom. The maximum atomic E-state index is 12.4. The molecule has 0 atom stereocenters. The molecule has 1 aliphatic rings. The lowest BCUT2D eigenvalue weighted by atomic mass is 10.1. The van der Waals surface area contributed by atoms with Crippen LogP contribution in [0, 0.1) is 0 Å². The number of carbonyl (C=O) groups is 2. The van der Waals surface area contributed by atoms with Crippen molar-refractivity contribution in [1.29, 1.82) is 0 Å². The van der Waals surface area contributed by atoms with Crippen LogP contribution < -0.4 is 15.0 Å². The summed E-state index contributed by atoms with van der Waals surface area (Å²) in [6, 6.07) is 18.4. The number of amides is 2. The molecule has 0 saturated carbocycles. The fraction of sp³-hybridized carbons (Fsp3) is 0.174. The maximum absolute atomic E-state index is 12.4. The van der Waals surface area contributed by atoms with Crippen molar-refractivity contribution >= 4 is 23.2 Å². The van der Waals surface area contributed by atoms with Crippen LogP contribution in [0.4, 0.5) is 11.4 Å². The summed E-state index contributed by atoms with van der Waals surface area (Å²) in [7, 11) is 0. The second kappa shape index (κ2) is 8.56. The molecular weight excluding hydrogens is 366 g/mol. The fourth-order valence-corrected chi connectivity index (χ4v) is 3.29. The molecule has 6 heteroatoms. The van der Waals surface area contributed by atoms with Crippen molar-refractivity contribution in [3.8, 4) is 11.5 Å². The van der Waals surface area contributed by atoms with Gasteiger partial charge in [-0.15, -0.1) is 0 Å². The fourth-order valence-electron chi connectivity index (χ4n) is 3.29. The molecular formula is C23H21N3O3. The Morgan fingerprint density at radius 2 is 1.79 bits per heavy atom. The zero-order valence-electron chi connectivity index (χ0n) is 15.9. The van der Waals surface area contributed by atoms with Crippen LogP contribution in [0.3, 0.4) is 0 Å². The summed E-state index contributed by atoms with van der Waals surface area (Å²) in [6.45, 7) is 0.738. The molecule has 0 aliphatic carbocycles. The van der Waals surface area contributed by atoms with Crippen LogP contribution in [0.15, 0.2) is 73.1 Å². The third-order valence-corrected chi connectivity index (χ3v) is 4.68. The van der Waals surface area contributed by atoms with Crippen LogP contribution in [0.25, 0.3) is 0 Å². The zero-order valence-corrected chi connectivity index (χ0v) is 15.9. The summed E-state index contributed by atoms with van der Waals surface area (Å²) >= 11 is 0. The first-order valence-corrected chi connectivity index (χ1v) is 9.54. The number of rotatable bonds is 6. The third kappa shape index (κ3) is 4.79. The van der Waals surface area contributed by atoms with Crippen LogP contribution in [0.1, 0.15) is 18.4 Å². The number of nitrogens with zero attached hydrogens (tertiary/aromatic N) is 2. The highest BCUT2D eigenvalue weighted by atomic mass is 16.5. The molecule has 0 bridgehead atoms. The molecule has 0 unspecified atom stereocenters. The van der Waals surface area contributed by atoms with Crippen molar-refractivity contribution in [3.05, 3.63) is 78.6 Å². The number of pyridine rings is 1. The van der Waals surface area contributed by atoms with Crippen molar-refractivity contribution in [3.63, 3.8) is 0 Å². The quantitative estimate of drug-likeness (QED) is 0.689. The van der Waals surface area contributed by atoms with Crippen LogP contribution >= 0.6 is 0 Å². The normalized spacial score (nSPS) is 13.4. The molecule has 6 nitrogen and oxygen atoms in total. The average molecular weight is 387 g/mol. The number of hydrogen-bond donors (Lipinski definition) is 1. The van der Waals surface area contributed by atoms with Crippen molar-refractivity contribution in [2.75, 3.05) is 16.8 Å². The number of benzene rings is 2. The molecule has 1 aliphatic heterocycles. The SMILES string of the molecule is O=C(Cc1cccc(N2CCCC2=O)c1)Nc1ccc(Oc2ccncc2)cc1. The van der Waals surface area contributed by atoms with E-state index in [1.165, 1.54) is 0 Å². The second-order valence-corrected chi connectivity index (χ2v) is 6.85. The molecule has 1 N–H and O–H groups in total. The Labute approximate surface area is 169 Å². The summed E-state index contributed by atoms with van der Waals surface area (Å²) in [5.41, 5.74) is 2.43. The smallest absolute Gasteiger partial charge is 0.228 e. The van der Waals surface area contributed by atoms with Gasteiger partial charge < -0.3 is 15.0 Å². The standard InChI is InChI=1S/C23H21N3O3/c27-22(16-17-3-1-4-19(15-17)26-14-2-5-23(26)28)25-18-6-8-20(9-7-18)29-21-10-12-24-13-11-21/h1,3-4,6-13,15H,2,5,14,16H2,(H,25,27). The monoisotopic (exact) mass is 387 g/mol. The molecule has 2 heterocycles. The minimum absolute atomic E-state index is 0.113. The number of carbonyl (C=O) groups excluding carboxylic acids is 2. The van der Waals surface area contributed by atoms with Gasteiger partial charge in [0.15, 0.2) is 0 Å². The van der Waals surface area contributed by atoms with Crippen molar-refractivity contribution in [1.82, 2.24) is 4.98 Å². The van der Waals surface area contributed by atoms with Gasteiger partial charge in [0.05, 0.1) is 6.42 Å². The maximum Gasteiger partial charge on any atom is 0.228 e. The molecule has 3 aromatic rings. The Hall–Kier alpha value is -3.67. The predicted molar refractivity (Wildman–Crippen MR) is 111 cm³/mol. The molecule has 4 rings (SSSR count). The van der Waals surface area contributed by atoms with Crippen LogP contribution in [-0.2, 0) is 16.0 Å². The summed E-state index contributed by atoms with van der Waals surface area (Å²) < 4.78 is 5.72. The summed E-state index contributed by atoms with van der Waals surface area (Å²) in [6.07, 6.45) is 5.04. The molecule has 2 amide bonds. The van der Waals surface area contributed by atoms with E-state index in [4.69, 9.17) is 4.74 Å². The molecule has 1 saturated heterocycles. The highest BCUT2D eigenvalue weighted by Crippen LogP contribution is 2.24. The van der Waals surface area contributed by atoms with E-state index in [2.05, 4.69) is 10.3 Å². The largest absolute Gasteiger partial charge is 0.457 e. The van der Waals surface area contributed by atoms with Crippen LogP contribution in [-0.4, -0.2) is 23.3 Å². The number of aromatic nitrogens is 1. The van der Waals surface area contributed by atoms with Crippen LogP contribution in [0.5, 0.6) is 11.5 Å². The topological polar surface area (TPSA) is 71.5 Å². The van der Waals surface area contributed by atoms with Gasteiger partial charge in [-0.3, -0.25) is 14.6 Å². The Morgan fingerprint density at radius 1 is 1.03 bits per heavy atom. The lowest BCUT2D eigenvalue weighted by Gasteiger charge is -2.16. The van der Waals surface area contributed by atoms with E-state index in [1.807, 2.05) is 24.3 Å². The van der Waals surface area contributed by atoms with Gasteiger partial charge in [-0.25, -0.2) is 0 Å². The van der Waals surface area contributed by atoms with Gasteiger partial charge in [0.1, 0.15) is 11.5 Å². The van der Waals surface area contributed by atoms with Gasteiger partial charge in [0, 0.05) is 36.7 Å². The van der Waals surface area contributed by atoms with Gasteiger partial charge in [-0.05, 0) is 60.5 Å². The third-order valence-electron chi connectivity index (χ3n) is 4.68. The van der Waals surface area contributed by atoms with Gasteiger partial charge in [-0.2, -0.15) is 0 Å². The van der Waals surface area contributed by atoms with E-state index in [0.717, 1.165) is 24.2 Å². The second-order valence-electron chi connectivity index (χ2n) is 6.85. The highest BCUT2D eigenvalue weighted by molar-refractivity contribution is 5.96. The van der Waals surface area contributed by atoms with Crippen molar-refractivity contribution < 1.29 is 14.3 Å². The van der Waals surface area contributed by atoms with E-state index in [9.17, 15) is 9.59 Å². The van der Waals surface area contributed by atoms with Gasteiger partial charge in [-0.1, -0.05) is 12.1 Å². The number of hydrogen-bond acceptors (Lipinski definition) is 4. The molecule has 146 valence electrons. The number of ether oxygens (including phenoxy) is 1. The Bertz CT molecular complexity index is 1000. The first-order chi connectivity index (χ1) is 14.2. The molecule has 0 radical (unpaired) electrons. The van der Waals surface area contributed by atoms with E-state index in [1.54, 1.807) is 53.7 Å². The summed E-state index contributed by atoms with van der Waals surface area (Å²) in [5.74, 6) is 1.41. The molecule has 0 spiro atoms. The molecule has 29 heavy (non-hydrogen) atoms. The van der Waals surface area contributed by atoms with E-state index in [-0.39, 0.29) is 18.2 Å². The molecule has 2 aromatic carbocycles. The van der Waals surface area contributed by atoms with Crippen molar-refractivity contribution in [2.24, 2.45) is 0 Å². The zero-order chi connectivity index (χ0) is 20.1. The van der Waals surface area contributed by atoms with E-state index in [0.29, 0.717) is 23.6 Å². The molecule has 1 fully saturated rings. The van der Waals surface area contributed by atoms with Crippen molar-refractivity contribution in [2.45, 2.75) is 19.3 Å². The van der Waals surface area contributed by atoms with Crippen LogP contribution in [0.2, 0.25) is 0 Å². The van der Waals surface area contributed by atoms with E-state index < -0.39 is 0 Å². The van der Waals surface area contributed by atoms with E-state index >= 15 is 0 Å². The molecule has 1 aromatic heterocycles. The minimum atomic E-state index is -0.113. The summed E-state index contributed by atoms with van der Waals surface area (Å²) in [5, 5.41) is 2.89. The minimum Gasteiger partial charge on any atom is -0.457 e. The summed E-state index contributed by atoms with van der Waals surface area (Å²) in [4.78, 5) is 30.1. The Kier molecular flexibility index (Phi) is 5.52. The van der Waals surface area contributed by atoms with Gasteiger partial charge in [0.2, 0.25) is 11.8 Å². The Balaban J connectivity index is 1.35. The lowest BCUT2D eigenvalue weighted by molar-refractivity contribution is -0.117. The first kappa shape index (κ1) is 18.7. The number of anilines is 2. The lowest BCUT2D eigenvalue weighted by Crippen LogP contribution is -2.23. The average Bonchev–Trinajstić information content (AvgIpc) is 3.16. The van der Waals surface area contributed by atoms with Gasteiger partial charge in [0.25, 0.3) is 0 Å². The predicted octanol–water partition coefficient (Wildman–Crippen LogP) is 4.18. The number of nitrogens with one attached hydrogen (secondary N) is 1.